The lowest BCUT2D eigenvalue weighted by Crippen LogP contribution is -2.50. The summed E-state index contributed by atoms with van der Waals surface area (Å²) in [4.78, 5) is 29.7. The smallest absolute Gasteiger partial charge is 0.254 e. The summed E-state index contributed by atoms with van der Waals surface area (Å²) < 4.78 is 5.72. The van der Waals surface area contributed by atoms with Crippen LogP contribution in [-0.2, 0) is 4.79 Å². The van der Waals surface area contributed by atoms with Crippen molar-refractivity contribution in [3.63, 3.8) is 0 Å². The number of piperazine rings is 1. The minimum Gasteiger partial charge on any atom is -0.491 e. The number of fused-ring (bicyclic) bond motifs is 1. The molecule has 1 fully saturated rings. The zero-order valence-corrected chi connectivity index (χ0v) is 18.4. The van der Waals surface area contributed by atoms with E-state index >= 15 is 0 Å². The Morgan fingerprint density at radius 3 is 2.44 bits per heavy atom. The lowest BCUT2D eigenvalue weighted by molar-refractivity contribution is -0.117. The molecular formula is C26H29N3O3. The molecule has 0 unspecified atom stereocenters. The van der Waals surface area contributed by atoms with E-state index in [9.17, 15) is 9.59 Å². The van der Waals surface area contributed by atoms with Crippen LogP contribution < -0.4 is 10.1 Å². The second kappa shape index (κ2) is 10.3. The molecule has 3 aromatic rings. The van der Waals surface area contributed by atoms with Gasteiger partial charge in [0.05, 0.1) is 18.8 Å². The van der Waals surface area contributed by atoms with E-state index in [1.54, 1.807) is 0 Å². The molecule has 1 N–H and O–H groups in total. The van der Waals surface area contributed by atoms with Crippen molar-refractivity contribution >= 4 is 28.3 Å². The maximum absolute atomic E-state index is 13.1. The summed E-state index contributed by atoms with van der Waals surface area (Å²) in [5.41, 5.74) is 1.42. The number of anilines is 1. The average Bonchev–Trinajstić information content (AvgIpc) is 2.83. The minimum absolute atomic E-state index is 0.0490. The molecule has 1 aliphatic heterocycles. The Kier molecular flexibility index (Phi) is 7.02. The molecule has 6 nitrogen and oxygen atoms in total. The second-order valence-electron chi connectivity index (χ2n) is 7.99. The molecule has 3 aromatic carbocycles. The van der Waals surface area contributed by atoms with Gasteiger partial charge in [0.15, 0.2) is 0 Å². The van der Waals surface area contributed by atoms with Gasteiger partial charge >= 0.3 is 0 Å². The summed E-state index contributed by atoms with van der Waals surface area (Å²) in [5.74, 6) is 0.660. The standard InChI is InChI=1S/C26H29N3O3/c1-2-18-32-24-13-6-5-12-23(24)27-25(30)19-28-14-16-29(17-15-28)26(31)22-11-7-9-20-8-3-4-10-21(20)22/h3-13H,2,14-19H2,1H3,(H,27,30). The predicted octanol–water partition coefficient (Wildman–Crippen LogP) is 4.03. The van der Waals surface area contributed by atoms with E-state index in [0.717, 1.165) is 22.8 Å². The van der Waals surface area contributed by atoms with E-state index in [1.165, 1.54) is 0 Å². The Morgan fingerprint density at radius 2 is 1.62 bits per heavy atom. The van der Waals surface area contributed by atoms with Crippen molar-refractivity contribution in [2.45, 2.75) is 13.3 Å². The fraction of sp³-hybridized carbons (Fsp3) is 0.308. The molecule has 0 atom stereocenters. The van der Waals surface area contributed by atoms with E-state index in [2.05, 4.69) is 10.2 Å². The largest absolute Gasteiger partial charge is 0.491 e. The van der Waals surface area contributed by atoms with E-state index in [4.69, 9.17) is 4.74 Å². The molecule has 1 heterocycles. The van der Waals surface area contributed by atoms with Gasteiger partial charge in [-0.15, -0.1) is 0 Å². The highest BCUT2D eigenvalue weighted by Crippen LogP contribution is 2.24. The first-order valence-corrected chi connectivity index (χ1v) is 11.2. The zero-order valence-electron chi connectivity index (χ0n) is 18.4. The fourth-order valence-electron chi connectivity index (χ4n) is 3.99. The Balaban J connectivity index is 1.32. The number of carbonyl (C=O) groups is 2. The Hall–Kier alpha value is -3.38. The van der Waals surface area contributed by atoms with Crippen LogP contribution in [-0.4, -0.2) is 60.9 Å². The molecule has 0 aromatic heterocycles. The van der Waals surface area contributed by atoms with Crippen molar-refractivity contribution in [1.29, 1.82) is 0 Å². The number of carbonyl (C=O) groups excluding carboxylic acids is 2. The lowest BCUT2D eigenvalue weighted by atomic mass is 10.0. The van der Waals surface area contributed by atoms with Gasteiger partial charge in [-0.2, -0.15) is 0 Å². The summed E-state index contributed by atoms with van der Waals surface area (Å²) in [6.07, 6.45) is 0.907. The number of hydrogen-bond donors (Lipinski definition) is 1. The summed E-state index contributed by atoms with van der Waals surface area (Å²) >= 11 is 0. The minimum atomic E-state index is -0.0774. The molecule has 1 saturated heterocycles. The van der Waals surface area contributed by atoms with Crippen LogP contribution in [0, 0.1) is 0 Å². The number of para-hydroxylation sites is 2. The number of amides is 2. The number of ether oxygens (including phenoxy) is 1. The van der Waals surface area contributed by atoms with E-state index in [-0.39, 0.29) is 11.8 Å². The first-order valence-electron chi connectivity index (χ1n) is 11.2. The van der Waals surface area contributed by atoms with Crippen molar-refractivity contribution in [3.05, 3.63) is 72.3 Å². The van der Waals surface area contributed by atoms with Gasteiger partial charge in [0.2, 0.25) is 5.91 Å². The van der Waals surface area contributed by atoms with Crippen LogP contribution in [0.4, 0.5) is 5.69 Å². The molecule has 4 rings (SSSR count). The molecular weight excluding hydrogens is 402 g/mol. The normalized spacial score (nSPS) is 14.3. The molecule has 0 aliphatic carbocycles. The van der Waals surface area contributed by atoms with Gasteiger partial charge < -0.3 is 15.0 Å². The number of nitrogens with one attached hydrogen (secondary N) is 1. The summed E-state index contributed by atoms with van der Waals surface area (Å²) in [7, 11) is 0. The van der Waals surface area contributed by atoms with Crippen LogP contribution in [0.2, 0.25) is 0 Å². The topological polar surface area (TPSA) is 61.9 Å². The third kappa shape index (κ3) is 5.08. The fourth-order valence-corrected chi connectivity index (χ4v) is 3.99. The summed E-state index contributed by atoms with van der Waals surface area (Å²) in [6, 6.07) is 21.3. The van der Waals surface area contributed by atoms with Crippen LogP contribution in [0.15, 0.2) is 66.7 Å². The third-order valence-corrected chi connectivity index (χ3v) is 5.67. The molecule has 0 spiro atoms. The van der Waals surface area contributed by atoms with Gasteiger partial charge in [-0.05, 0) is 35.4 Å². The van der Waals surface area contributed by atoms with Crippen molar-refractivity contribution in [2.24, 2.45) is 0 Å². The van der Waals surface area contributed by atoms with Crippen LogP contribution >= 0.6 is 0 Å². The van der Waals surface area contributed by atoms with Crippen LogP contribution in [0.1, 0.15) is 23.7 Å². The van der Waals surface area contributed by atoms with Gasteiger partial charge in [-0.25, -0.2) is 0 Å². The number of benzene rings is 3. The third-order valence-electron chi connectivity index (χ3n) is 5.67. The van der Waals surface area contributed by atoms with E-state index in [1.807, 2.05) is 78.6 Å². The molecule has 0 radical (unpaired) electrons. The Bertz CT molecular complexity index is 1090. The maximum Gasteiger partial charge on any atom is 0.254 e. The van der Waals surface area contributed by atoms with Crippen molar-refractivity contribution in [3.8, 4) is 5.75 Å². The Labute approximate surface area is 188 Å². The van der Waals surface area contributed by atoms with Gasteiger partial charge in [0, 0.05) is 31.7 Å². The second-order valence-corrected chi connectivity index (χ2v) is 7.99. The van der Waals surface area contributed by atoms with Crippen molar-refractivity contribution in [2.75, 3.05) is 44.6 Å². The molecule has 166 valence electrons. The highest BCUT2D eigenvalue weighted by atomic mass is 16.5. The Morgan fingerprint density at radius 1 is 0.906 bits per heavy atom. The van der Waals surface area contributed by atoms with E-state index < -0.39 is 0 Å². The van der Waals surface area contributed by atoms with Crippen LogP contribution in [0.3, 0.4) is 0 Å². The predicted molar refractivity (Wildman–Crippen MR) is 127 cm³/mol. The van der Waals surface area contributed by atoms with Crippen molar-refractivity contribution in [1.82, 2.24) is 9.80 Å². The van der Waals surface area contributed by atoms with Gasteiger partial charge in [0.25, 0.3) is 5.91 Å². The quantitative estimate of drug-likeness (QED) is 0.614. The first-order chi connectivity index (χ1) is 15.7. The molecule has 2 amide bonds. The number of rotatable bonds is 7. The highest BCUT2D eigenvalue weighted by Gasteiger charge is 2.24. The molecule has 0 bridgehead atoms. The van der Waals surface area contributed by atoms with Gasteiger partial charge in [-0.1, -0.05) is 55.5 Å². The number of hydrogen-bond acceptors (Lipinski definition) is 4. The van der Waals surface area contributed by atoms with Crippen LogP contribution in [0.5, 0.6) is 5.75 Å². The number of nitrogens with zero attached hydrogens (tertiary/aromatic N) is 2. The van der Waals surface area contributed by atoms with Crippen molar-refractivity contribution < 1.29 is 14.3 Å². The molecule has 1 aliphatic rings. The zero-order chi connectivity index (χ0) is 22.3. The molecule has 32 heavy (non-hydrogen) atoms. The van der Waals surface area contributed by atoms with Gasteiger partial charge in [0.1, 0.15) is 5.75 Å². The first kappa shape index (κ1) is 21.8. The summed E-state index contributed by atoms with van der Waals surface area (Å²) in [5, 5.41) is 5.00. The average molecular weight is 432 g/mol. The van der Waals surface area contributed by atoms with Gasteiger partial charge in [-0.3, -0.25) is 14.5 Å². The SMILES string of the molecule is CCCOc1ccccc1NC(=O)CN1CCN(C(=O)c2cccc3ccccc23)CC1. The lowest BCUT2D eigenvalue weighted by Gasteiger charge is -2.34. The van der Waals surface area contributed by atoms with E-state index in [0.29, 0.717) is 50.8 Å². The highest BCUT2D eigenvalue weighted by molar-refractivity contribution is 6.07. The molecule has 0 saturated carbocycles. The monoisotopic (exact) mass is 431 g/mol. The molecule has 6 heteroatoms. The van der Waals surface area contributed by atoms with Crippen LogP contribution in [0.25, 0.3) is 10.8 Å². The maximum atomic E-state index is 13.1. The summed E-state index contributed by atoms with van der Waals surface area (Å²) in [6.45, 7) is 5.48.